The molecule has 0 aliphatic rings. The SMILES string of the molecule is CC(C)c1ccc(C(C)NC(=O)CCn2cc(S(N)(=O)=O)cn2)cc1. The molecule has 0 saturated heterocycles. The number of aryl methyl sites for hydroxylation is 1. The zero-order chi connectivity index (χ0) is 18.6. The predicted molar refractivity (Wildman–Crippen MR) is 95.3 cm³/mol. The van der Waals surface area contributed by atoms with Crippen LogP contribution in [0.4, 0.5) is 0 Å². The van der Waals surface area contributed by atoms with Gasteiger partial charge >= 0.3 is 0 Å². The van der Waals surface area contributed by atoms with Gasteiger partial charge in [-0.2, -0.15) is 5.10 Å². The van der Waals surface area contributed by atoms with E-state index in [0.29, 0.717) is 5.92 Å². The van der Waals surface area contributed by atoms with Crippen molar-refractivity contribution in [1.82, 2.24) is 15.1 Å². The van der Waals surface area contributed by atoms with Crippen LogP contribution in [0.2, 0.25) is 0 Å². The van der Waals surface area contributed by atoms with Gasteiger partial charge in [-0.3, -0.25) is 9.48 Å². The number of rotatable bonds is 7. The maximum atomic E-state index is 12.1. The van der Waals surface area contributed by atoms with Crippen molar-refractivity contribution < 1.29 is 13.2 Å². The van der Waals surface area contributed by atoms with E-state index < -0.39 is 10.0 Å². The molecule has 1 aromatic carbocycles. The first kappa shape index (κ1) is 19.1. The van der Waals surface area contributed by atoms with Gasteiger partial charge in [-0.05, 0) is 24.0 Å². The summed E-state index contributed by atoms with van der Waals surface area (Å²) in [6.07, 6.45) is 2.68. The van der Waals surface area contributed by atoms with E-state index in [-0.39, 0.29) is 29.8 Å². The molecule has 0 spiro atoms. The van der Waals surface area contributed by atoms with Crippen LogP contribution in [0.15, 0.2) is 41.6 Å². The zero-order valence-corrected chi connectivity index (χ0v) is 15.5. The van der Waals surface area contributed by atoms with Crippen LogP contribution >= 0.6 is 0 Å². The first-order chi connectivity index (χ1) is 11.7. The van der Waals surface area contributed by atoms with Crippen molar-refractivity contribution in [3.8, 4) is 0 Å². The lowest BCUT2D eigenvalue weighted by molar-refractivity contribution is -0.122. The summed E-state index contributed by atoms with van der Waals surface area (Å²) in [6.45, 7) is 6.48. The highest BCUT2D eigenvalue weighted by atomic mass is 32.2. The van der Waals surface area contributed by atoms with Crippen LogP contribution in [0.25, 0.3) is 0 Å². The fourth-order valence-corrected chi connectivity index (χ4v) is 2.86. The van der Waals surface area contributed by atoms with E-state index in [1.165, 1.54) is 22.6 Å². The minimum absolute atomic E-state index is 0.0634. The van der Waals surface area contributed by atoms with E-state index in [0.717, 1.165) is 5.56 Å². The molecule has 0 bridgehead atoms. The molecule has 136 valence electrons. The van der Waals surface area contributed by atoms with E-state index in [4.69, 9.17) is 5.14 Å². The van der Waals surface area contributed by atoms with Gasteiger partial charge in [0.25, 0.3) is 0 Å². The number of hydrogen-bond donors (Lipinski definition) is 2. The second-order valence-electron chi connectivity index (χ2n) is 6.34. The van der Waals surface area contributed by atoms with Crippen molar-refractivity contribution >= 4 is 15.9 Å². The molecule has 1 atom stereocenters. The Hall–Kier alpha value is -2.19. The fourth-order valence-electron chi connectivity index (χ4n) is 2.40. The van der Waals surface area contributed by atoms with Crippen molar-refractivity contribution in [3.05, 3.63) is 47.8 Å². The molecule has 2 rings (SSSR count). The lowest BCUT2D eigenvalue weighted by atomic mass is 9.99. The highest BCUT2D eigenvalue weighted by molar-refractivity contribution is 7.89. The van der Waals surface area contributed by atoms with Gasteiger partial charge in [-0.15, -0.1) is 0 Å². The molecule has 0 aliphatic carbocycles. The number of nitrogens with zero attached hydrogens (tertiary/aromatic N) is 2. The summed E-state index contributed by atoms with van der Waals surface area (Å²) in [5, 5.41) is 11.8. The van der Waals surface area contributed by atoms with Gasteiger partial charge in [-0.1, -0.05) is 38.1 Å². The number of carbonyl (C=O) groups excluding carboxylic acids is 1. The highest BCUT2D eigenvalue weighted by Crippen LogP contribution is 2.18. The Bertz CT molecular complexity index is 826. The number of primary sulfonamides is 1. The Morgan fingerprint density at radius 3 is 2.32 bits per heavy atom. The maximum absolute atomic E-state index is 12.1. The third-order valence-electron chi connectivity index (χ3n) is 3.99. The molecule has 2 aromatic rings. The van der Waals surface area contributed by atoms with Gasteiger partial charge in [0.15, 0.2) is 0 Å². The topological polar surface area (TPSA) is 107 Å². The largest absolute Gasteiger partial charge is 0.350 e. The van der Waals surface area contributed by atoms with Gasteiger partial charge < -0.3 is 5.32 Å². The third kappa shape index (κ3) is 5.40. The maximum Gasteiger partial charge on any atom is 0.241 e. The van der Waals surface area contributed by atoms with E-state index in [1.54, 1.807) is 0 Å². The van der Waals surface area contributed by atoms with Gasteiger partial charge in [0.1, 0.15) is 4.90 Å². The zero-order valence-electron chi connectivity index (χ0n) is 14.6. The summed E-state index contributed by atoms with van der Waals surface area (Å²) in [5.41, 5.74) is 2.29. The standard InChI is InChI=1S/C17H24N4O3S/c1-12(2)14-4-6-15(7-5-14)13(3)20-17(22)8-9-21-11-16(10-19-21)25(18,23)24/h4-7,10-13H,8-9H2,1-3H3,(H,20,22)(H2,18,23,24). The number of carbonyl (C=O) groups is 1. The number of nitrogens with two attached hydrogens (primary N) is 1. The van der Waals surface area contributed by atoms with E-state index in [1.807, 2.05) is 19.1 Å². The number of nitrogens with one attached hydrogen (secondary N) is 1. The molecule has 1 aromatic heterocycles. The molecular weight excluding hydrogens is 340 g/mol. The molecule has 1 unspecified atom stereocenters. The van der Waals surface area contributed by atoms with Crippen LogP contribution in [0, 0.1) is 0 Å². The van der Waals surface area contributed by atoms with Gasteiger partial charge in [0.2, 0.25) is 15.9 Å². The molecule has 25 heavy (non-hydrogen) atoms. The number of hydrogen-bond acceptors (Lipinski definition) is 4. The van der Waals surface area contributed by atoms with Crippen molar-refractivity contribution in [2.45, 2.75) is 50.6 Å². The smallest absolute Gasteiger partial charge is 0.241 e. The van der Waals surface area contributed by atoms with Crippen molar-refractivity contribution in [1.29, 1.82) is 0 Å². The number of benzene rings is 1. The van der Waals surface area contributed by atoms with Crippen LogP contribution in [0.3, 0.4) is 0 Å². The minimum Gasteiger partial charge on any atom is -0.350 e. The van der Waals surface area contributed by atoms with E-state index in [2.05, 4.69) is 36.4 Å². The van der Waals surface area contributed by atoms with Gasteiger partial charge in [-0.25, -0.2) is 13.6 Å². The normalized spacial score (nSPS) is 13.0. The molecule has 3 N–H and O–H groups in total. The molecule has 1 heterocycles. The fraction of sp³-hybridized carbons (Fsp3) is 0.412. The second-order valence-corrected chi connectivity index (χ2v) is 7.91. The molecule has 0 saturated carbocycles. The van der Waals surface area contributed by atoms with Gasteiger partial charge in [0, 0.05) is 19.2 Å². The van der Waals surface area contributed by atoms with Crippen molar-refractivity contribution in [3.63, 3.8) is 0 Å². The number of sulfonamides is 1. The highest BCUT2D eigenvalue weighted by Gasteiger charge is 2.13. The summed E-state index contributed by atoms with van der Waals surface area (Å²) < 4.78 is 23.8. The second kappa shape index (κ2) is 7.79. The monoisotopic (exact) mass is 364 g/mol. The molecule has 7 nitrogen and oxygen atoms in total. The summed E-state index contributed by atoms with van der Waals surface area (Å²) in [4.78, 5) is 12.0. The molecule has 1 amide bonds. The number of aromatic nitrogens is 2. The molecular formula is C17H24N4O3S. The molecule has 0 radical (unpaired) electrons. The molecule has 0 aliphatic heterocycles. The Labute approximate surface area is 148 Å². The van der Waals surface area contributed by atoms with E-state index in [9.17, 15) is 13.2 Å². The van der Waals surface area contributed by atoms with Crippen LogP contribution < -0.4 is 10.5 Å². The predicted octanol–water partition coefficient (Wildman–Crippen LogP) is 1.92. The van der Waals surface area contributed by atoms with Crippen molar-refractivity contribution in [2.24, 2.45) is 5.14 Å². The minimum atomic E-state index is -3.77. The summed E-state index contributed by atoms with van der Waals surface area (Å²) in [6, 6.07) is 8.08. The summed E-state index contributed by atoms with van der Waals surface area (Å²) in [7, 11) is -3.77. The first-order valence-corrected chi connectivity index (χ1v) is 9.66. The Balaban J connectivity index is 1.88. The lowest BCUT2D eigenvalue weighted by Gasteiger charge is -2.15. The van der Waals surface area contributed by atoms with Crippen LogP contribution in [-0.4, -0.2) is 24.1 Å². The molecule has 8 heteroatoms. The van der Waals surface area contributed by atoms with Gasteiger partial charge in [0.05, 0.1) is 12.2 Å². The Kier molecular flexibility index (Phi) is 5.97. The summed E-state index contributed by atoms with van der Waals surface area (Å²) in [5.74, 6) is 0.336. The quantitative estimate of drug-likeness (QED) is 0.782. The Morgan fingerprint density at radius 2 is 1.80 bits per heavy atom. The van der Waals surface area contributed by atoms with E-state index >= 15 is 0 Å². The van der Waals surface area contributed by atoms with Crippen LogP contribution in [-0.2, 0) is 21.4 Å². The third-order valence-corrected chi connectivity index (χ3v) is 4.85. The number of amides is 1. The lowest BCUT2D eigenvalue weighted by Crippen LogP contribution is -2.27. The first-order valence-electron chi connectivity index (χ1n) is 8.11. The average Bonchev–Trinajstić information content (AvgIpc) is 3.02. The Morgan fingerprint density at radius 1 is 1.20 bits per heavy atom. The molecule has 0 fully saturated rings. The van der Waals surface area contributed by atoms with Crippen LogP contribution in [0.5, 0.6) is 0 Å². The average molecular weight is 364 g/mol. The van der Waals surface area contributed by atoms with Crippen molar-refractivity contribution in [2.75, 3.05) is 0 Å². The van der Waals surface area contributed by atoms with Crippen LogP contribution in [0.1, 0.15) is 50.3 Å². The summed E-state index contributed by atoms with van der Waals surface area (Å²) >= 11 is 0.